The third-order valence-corrected chi connectivity index (χ3v) is 6.27. The van der Waals surface area contributed by atoms with Gasteiger partial charge in [-0.3, -0.25) is 4.57 Å². The molecule has 1 aliphatic rings. The van der Waals surface area contributed by atoms with Crippen LogP contribution in [0.1, 0.15) is 22.9 Å². The van der Waals surface area contributed by atoms with E-state index in [2.05, 4.69) is 20.3 Å². The van der Waals surface area contributed by atoms with Gasteiger partial charge in [0.1, 0.15) is 24.8 Å². The van der Waals surface area contributed by atoms with Crippen molar-refractivity contribution in [2.45, 2.75) is 43.8 Å². The van der Waals surface area contributed by atoms with Crippen molar-refractivity contribution in [2.24, 2.45) is 5.73 Å². The Balaban J connectivity index is 1.40. The maximum Gasteiger partial charge on any atom is 0.416 e. The number of nitrogens with zero attached hydrogens (tertiary/aromatic N) is 4. The molecule has 1 aliphatic heterocycles. The molecule has 0 amide bonds. The third-order valence-electron chi connectivity index (χ3n) is 6.27. The Labute approximate surface area is 219 Å². The number of imidazole rings is 1. The lowest BCUT2D eigenvalue weighted by molar-refractivity contribution is -0.152. The summed E-state index contributed by atoms with van der Waals surface area (Å²) in [6.07, 6.45) is -6.03. The smallest absolute Gasteiger partial charge is 0.416 e. The van der Waals surface area contributed by atoms with Crippen LogP contribution >= 0.6 is 0 Å². The Morgan fingerprint density at radius 3 is 2.62 bits per heavy atom. The first-order valence-electron chi connectivity index (χ1n) is 11.7. The average molecular weight is 544 g/mol. The van der Waals surface area contributed by atoms with E-state index in [-0.39, 0.29) is 41.4 Å². The zero-order chi connectivity index (χ0) is 27.7. The van der Waals surface area contributed by atoms with Crippen LogP contribution in [0.2, 0.25) is 0 Å². The van der Waals surface area contributed by atoms with Gasteiger partial charge in [0.25, 0.3) is 0 Å². The fourth-order valence-electron chi connectivity index (χ4n) is 4.26. The highest BCUT2D eigenvalue weighted by Gasteiger charge is 2.46. The van der Waals surface area contributed by atoms with Crippen molar-refractivity contribution < 1.29 is 37.7 Å². The molecule has 0 bridgehead atoms. The molecule has 1 fully saturated rings. The van der Waals surface area contributed by atoms with Gasteiger partial charge in [-0.25, -0.2) is 19.7 Å². The number of rotatable bonds is 8. The van der Waals surface area contributed by atoms with E-state index >= 15 is 0 Å². The molecule has 4 atom stereocenters. The minimum absolute atomic E-state index is 0.0957. The van der Waals surface area contributed by atoms with Crippen molar-refractivity contribution in [1.29, 1.82) is 0 Å². The molecule has 0 radical (unpaired) electrons. The quantitative estimate of drug-likeness (QED) is 0.260. The first kappa shape index (κ1) is 26.3. The number of nitrogens with one attached hydrogen (secondary N) is 1. The van der Waals surface area contributed by atoms with Crippen LogP contribution in [0.5, 0.6) is 5.75 Å². The van der Waals surface area contributed by atoms with Gasteiger partial charge in [0.05, 0.1) is 17.9 Å². The zero-order valence-electron chi connectivity index (χ0n) is 20.1. The van der Waals surface area contributed by atoms with E-state index < -0.39 is 42.2 Å². The SMILES string of the molecule is NC1C(C(=O)O)OC(n2cnc3c(NCc4cc(C(F)(F)F)ccc4OCc4ccccc4)ncnc32)C1O. The normalized spacial score (nSPS) is 21.3. The summed E-state index contributed by atoms with van der Waals surface area (Å²) in [5.41, 5.74) is 6.46. The Bertz CT molecular complexity index is 1480. The summed E-state index contributed by atoms with van der Waals surface area (Å²) >= 11 is 0. The van der Waals surface area contributed by atoms with Gasteiger partial charge < -0.3 is 30.7 Å². The van der Waals surface area contributed by atoms with E-state index in [1.807, 2.05) is 30.3 Å². The minimum Gasteiger partial charge on any atom is -0.489 e. The summed E-state index contributed by atoms with van der Waals surface area (Å²) in [5, 5.41) is 22.7. The standard InChI is InChI=1S/C25H23F3N6O5/c26-25(27,28)15-6-7-16(38-10-13-4-2-1-3-5-13)14(8-15)9-30-21-18-22(32-11-31-21)34(12-33-18)23-19(35)17(29)20(39-23)24(36)37/h1-8,11-12,17,19-20,23,35H,9-10,29H2,(H,36,37)(H,30,31,32). The molecular weight excluding hydrogens is 521 g/mol. The molecular formula is C25H23F3N6O5. The van der Waals surface area contributed by atoms with E-state index in [4.69, 9.17) is 15.2 Å². The highest BCUT2D eigenvalue weighted by Crippen LogP contribution is 2.34. The topological polar surface area (TPSA) is 158 Å². The monoisotopic (exact) mass is 544 g/mol. The number of anilines is 1. The van der Waals surface area contributed by atoms with E-state index in [9.17, 15) is 28.2 Å². The van der Waals surface area contributed by atoms with Crippen molar-refractivity contribution in [3.05, 3.63) is 77.9 Å². The van der Waals surface area contributed by atoms with E-state index in [0.29, 0.717) is 0 Å². The average Bonchev–Trinajstić information content (AvgIpc) is 3.47. The predicted octanol–water partition coefficient (Wildman–Crippen LogP) is 2.71. The number of ether oxygens (including phenoxy) is 2. The summed E-state index contributed by atoms with van der Waals surface area (Å²) in [7, 11) is 0. The molecule has 4 aromatic rings. The zero-order valence-corrected chi connectivity index (χ0v) is 20.1. The van der Waals surface area contributed by atoms with Gasteiger partial charge in [-0.2, -0.15) is 13.2 Å². The highest BCUT2D eigenvalue weighted by molar-refractivity contribution is 5.83. The summed E-state index contributed by atoms with van der Waals surface area (Å²) in [6.45, 7) is 0.0616. The Morgan fingerprint density at radius 2 is 1.92 bits per heavy atom. The predicted molar refractivity (Wildman–Crippen MR) is 130 cm³/mol. The lowest BCUT2D eigenvalue weighted by Crippen LogP contribution is -2.43. The van der Waals surface area contributed by atoms with Gasteiger partial charge in [0, 0.05) is 12.1 Å². The van der Waals surface area contributed by atoms with Crippen LogP contribution in [0.3, 0.4) is 0 Å². The lowest BCUT2D eigenvalue weighted by Gasteiger charge is -2.17. The molecule has 0 saturated carbocycles. The largest absolute Gasteiger partial charge is 0.489 e. The molecule has 5 rings (SSSR count). The molecule has 204 valence electrons. The molecule has 0 spiro atoms. The van der Waals surface area contributed by atoms with Gasteiger partial charge in [0.2, 0.25) is 0 Å². The van der Waals surface area contributed by atoms with E-state index in [1.54, 1.807) is 0 Å². The number of alkyl halides is 3. The molecule has 3 heterocycles. The van der Waals surface area contributed by atoms with Crippen molar-refractivity contribution in [1.82, 2.24) is 19.5 Å². The summed E-state index contributed by atoms with van der Waals surface area (Å²) in [4.78, 5) is 23.9. The number of halogens is 3. The second-order valence-electron chi connectivity index (χ2n) is 8.85. The van der Waals surface area contributed by atoms with Gasteiger partial charge in [-0.05, 0) is 23.8 Å². The van der Waals surface area contributed by atoms with Crippen LogP contribution in [0, 0.1) is 0 Å². The number of aromatic nitrogens is 4. The Morgan fingerprint density at radius 1 is 1.15 bits per heavy atom. The van der Waals surface area contributed by atoms with Crippen molar-refractivity contribution >= 4 is 23.0 Å². The lowest BCUT2D eigenvalue weighted by atomic mass is 10.1. The number of hydrogen-bond acceptors (Lipinski definition) is 9. The van der Waals surface area contributed by atoms with E-state index in [1.165, 1.54) is 23.3 Å². The van der Waals surface area contributed by atoms with Crippen LogP contribution in [0.25, 0.3) is 11.2 Å². The number of aliphatic carboxylic acids is 1. The minimum atomic E-state index is -4.55. The van der Waals surface area contributed by atoms with Gasteiger partial charge >= 0.3 is 12.1 Å². The number of aliphatic hydroxyl groups excluding tert-OH is 1. The summed E-state index contributed by atoms with van der Waals surface area (Å²) in [5.74, 6) is -0.875. The van der Waals surface area contributed by atoms with Crippen LogP contribution in [-0.4, -0.2) is 54.0 Å². The van der Waals surface area contributed by atoms with E-state index in [0.717, 1.165) is 17.7 Å². The summed E-state index contributed by atoms with van der Waals surface area (Å²) in [6, 6.07) is 11.2. The van der Waals surface area contributed by atoms with Crippen molar-refractivity contribution in [2.75, 3.05) is 5.32 Å². The van der Waals surface area contributed by atoms with Gasteiger partial charge in [-0.1, -0.05) is 30.3 Å². The molecule has 11 nitrogen and oxygen atoms in total. The van der Waals surface area contributed by atoms with Crippen LogP contribution in [0.15, 0.2) is 61.2 Å². The molecule has 2 aromatic heterocycles. The summed E-state index contributed by atoms with van der Waals surface area (Å²) < 4.78 is 52.9. The molecule has 14 heteroatoms. The highest BCUT2D eigenvalue weighted by atomic mass is 19.4. The maximum atomic E-state index is 13.4. The molecule has 4 unspecified atom stereocenters. The number of nitrogens with two attached hydrogens (primary N) is 1. The molecule has 0 aliphatic carbocycles. The number of carbonyl (C=O) groups is 1. The second-order valence-corrected chi connectivity index (χ2v) is 8.85. The van der Waals surface area contributed by atoms with Crippen LogP contribution in [0.4, 0.5) is 19.0 Å². The number of benzene rings is 2. The van der Waals surface area contributed by atoms with Crippen LogP contribution in [-0.2, 0) is 28.9 Å². The fraction of sp³-hybridized carbons (Fsp3) is 0.280. The van der Waals surface area contributed by atoms with Gasteiger partial charge in [-0.15, -0.1) is 0 Å². The van der Waals surface area contributed by atoms with Crippen molar-refractivity contribution in [3.8, 4) is 5.75 Å². The number of hydrogen-bond donors (Lipinski definition) is 4. The first-order valence-corrected chi connectivity index (χ1v) is 11.7. The maximum absolute atomic E-state index is 13.4. The first-order chi connectivity index (χ1) is 18.6. The number of aliphatic hydroxyl groups is 1. The fourth-order valence-corrected chi connectivity index (χ4v) is 4.26. The Hall–Kier alpha value is -4.27. The third kappa shape index (κ3) is 5.34. The number of fused-ring (bicyclic) bond motifs is 1. The van der Waals surface area contributed by atoms with Gasteiger partial charge in [0.15, 0.2) is 29.3 Å². The molecule has 39 heavy (non-hydrogen) atoms. The molecule has 5 N–H and O–H groups in total. The number of carboxylic acid groups (broad SMARTS) is 1. The number of carboxylic acids is 1. The Kier molecular flexibility index (Phi) is 7.08. The molecule has 1 saturated heterocycles. The second kappa shape index (κ2) is 10.5. The molecule has 2 aromatic carbocycles. The van der Waals surface area contributed by atoms with Crippen molar-refractivity contribution in [3.63, 3.8) is 0 Å². The van der Waals surface area contributed by atoms with Crippen LogP contribution < -0.4 is 15.8 Å².